The van der Waals surface area contributed by atoms with Crippen LogP contribution in [0.15, 0.2) is 64.6 Å². The molecule has 1 N–H and O–H groups in total. The summed E-state index contributed by atoms with van der Waals surface area (Å²) in [6, 6.07) is 16.4. The monoisotopic (exact) mass is 360 g/mol. The van der Waals surface area contributed by atoms with E-state index in [1.807, 2.05) is 37.3 Å². The third kappa shape index (κ3) is 5.12. The molecule has 132 valence electrons. The van der Waals surface area contributed by atoms with E-state index in [1.54, 1.807) is 24.3 Å². The molecule has 0 unspecified atom stereocenters. The van der Waals surface area contributed by atoms with Gasteiger partial charge in [0.15, 0.2) is 0 Å². The van der Waals surface area contributed by atoms with Crippen molar-refractivity contribution in [2.75, 3.05) is 6.61 Å². The summed E-state index contributed by atoms with van der Waals surface area (Å²) in [4.78, 5) is 2.37. The summed E-state index contributed by atoms with van der Waals surface area (Å²) in [6.45, 7) is 2.85. The van der Waals surface area contributed by atoms with Gasteiger partial charge in [0, 0.05) is 0 Å². The van der Waals surface area contributed by atoms with E-state index in [9.17, 15) is 8.42 Å². The predicted octanol–water partition coefficient (Wildman–Crippen LogP) is 2.24. The molecule has 1 aliphatic heterocycles. The summed E-state index contributed by atoms with van der Waals surface area (Å²) in [7, 11) is -3.65. The number of nitrogens with one attached hydrogen (secondary N) is 1. The summed E-state index contributed by atoms with van der Waals surface area (Å²) in [6.07, 6.45) is 1.13. The fourth-order valence-electron chi connectivity index (χ4n) is 2.23. The van der Waals surface area contributed by atoms with E-state index in [4.69, 9.17) is 9.47 Å². The van der Waals surface area contributed by atoms with Gasteiger partial charge in [0.05, 0.1) is 24.3 Å². The number of aryl methyl sites for hydroxylation is 1. The third-order valence-corrected chi connectivity index (χ3v) is 4.98. The second-order valence-electron chi connectivity index (χ2n) is 5.83. The van der Waals surface area contributed by atoms with Crippen molar-refractivity contribution in [3.05, 3.63) is 65.7 Å². The minimum atomic E-state index is -3.65. The maximum absolute atomic E-state index is 12.1. The van der Waals surface area contributed by atoms with Gasteiger partial charge in [-0.15, -0.1) is 0 Å². The van der Waals surface area contributed by atoms with Crippen molar-refractivity contribution in [2.45, 2.75) is 30.6 Å². The van der Waals surface area contributed by atoms with Crippen LogP contribution in [0.2, 0.25) is 0 Å². The van der Waals surface area contributed by atoms with E-state index >= 15 is 0 Å². The average molecular weight is 360 g/mol. The quantitative estimate of drug-likeness (QED) is 0.445. The van der Waals surface area contributed by atoms with Crippen LogP contribution in [0.5, 0.6) is 0 Å². The highest BCUT2D eigenvalue weighted by molar-refractivity contribution is 7.89. The Labute approximate surface area is 147 Å². The summed E-state index contributed by atoms with van der Waals surface area (Å²) in [5.74, 6) is 0. The molecule has 1 heterocycles. The second kappa shape index (κ2) is 7.77. The minimum absolute atomic E-state index is 0.0867. The Kier molecular flexibility index (Phi) is 5.47. The molecule has 0 spiro atoms. The van der Waals surface area contributed by atoms with Crippen molar-refractivity contribution in [3.8, 4) is 0 Å². The van der Waals surface area contributed by atoms with E-state index in [1.165, 1.54) is 6.21 Å². The minimum Gasteiger partial charge on any atom is -0.374 e. The van der Waals surface area contributed by atoms with Crippen molar-refractivity contribution in [3.63, 3.8) is 0 Å². The zero-order chi connectivity index (χ0) is 17.7. The van der Waals surface area contributed by atoms with E-state index in [0.29, 0.717) is 13.2 Å². The fourth-order valence-corrected chi connectivity index (χ4v) is 3.03. The van der Waals surface area contributed by atoms with E-state index in [-0.39, 0.29) is 17.1 Å². The first-order valence-electron chi connectivity index (χ1n) is 7.93. The molecule has 0 bridgehead atoms. The van der Waals surface area contributed by atoms with E-state index in [2.05, 4.69) is 9.93 Å². The molecule has 2 aromatic rings. The number of sulfonamides is 1. The van der Waals surface area contributed by atoms with Gasteiger partial charge in [-0.2, -0.15) is 13.5 Å². The Hall–Kier alpha value is -2.22. The summed E-state index contributed by atoms with van der Waals surface area (Å²) in [5.41, 5.74) is 2.09. The zero-order valence-electron chi connectivity index (χ0n) is 13.8. The Bertz CT molecular complexity index is 820. The number of nitrogens with zero attached hydrogens (tertiary/aromatic N) is 1. The first-order valence-corrected chi connectivity index (χ1v) is 9.42. The lowest BCUT2D eigenvalue weighted by molar-refractivity contribution is 0.104. The highest BCUT2D eigenvalue weighted by atomic mass is 32.2. The molecule has 3 rings (SSSR count). The highest BCUT2D eigenvalue weighted by Gasteiger charge is 2.37. The van der Waals surface area contributed by atoms with Gasteiger partial charge >= 0.3 is 0 Å². The van der Waals surface area contributed by atoms with Crippen LogP contribution in [0.3, 0.4) is 0 Å². The molecule has 1 aliphatic rings. The summed E-state index contributed by atoms with van der Waals surface area (Å²) in [5, 5.41) is 3.78. The molecule has 1 fully saturated rings. The van der Waals surface area contributed by atoms with Gasteiger partial charge in [0.25, 0.3) is 10.0 Å². The number of benzene rings is 2. The Morgan fingerprint density at radius 2 is 1.88 bits per heavy atom. The van der Waals surface area contributed by atoms with Crippen LogP contribution in [0.25, 0.3) is 0 Å². The molecule has 7 heteroatoms. The normalized spacial score (nSPS) is 19.9. The third-order valence-electron chi connectivity index (χ3n) is 3.74. The van der Waals surface area contributed by atoms with Gasteiger partial charge in [-0.3, -0.25) is 0 Å². The van der Waals surface area contributed by atoms with E-state index < -0.39 is 10.0 Å². The van der Waals surface area contributed by atoms with Gasteiger partial charge in [0.1, 0.15) is 12.2 Å². The number of hydrogen-bond donors (Lipinski definition) is 1. The van der Waals surface area contributed by atoms with Crippen molar-refractivity contribution in [1.82, 2.24) is 4.83 Å². The topological polar surface area (TPSA) is 80.3 Å². The molecule has 25 heavy (non-hydrogen) atoms. The molecular weight excluding hydrogens is 340 g/mol. The summed E-state index contributed by atoms with van der Waals surface area (Å²) >= 11 is 0. The number of epoxide rings is 1. The van der Waals surface area contributed by atoms with Crippen molar-refractivity contribution < 1.29 is 17.9 Å². The Balaban J connectivity index is 1.41. The number of hydrazone groups is 1. The lowest BCUT2D eigenvalue weighted by atomic mass is 10.2. The predicted molar refractivity (Wildman–Crippen MR) is 94.8 cm³/mol. The largest absolute Gasteiger partial charge is 0.374 e. The number of rotatable bonds is 8. The van der Waals surface area contributed by atoms with Crippen LogP contribution in [0, 0.1) is 6.92 Å². The van der Waals surface area contributed by atoms with Crippen LogP contribution in [0.4, 0.5) is 0 Å². The van der Waals surface area contributed by atoms with Gasteiger partial charge in [-0.1, -0.05) is 48.0 Å². The molecular formula is C18H20N2O4S. The van der Waals surface area contributed by atoms with Crippen LogP contribution in [-0.2, 0) is 26.1 Å². The molecule has 2 atom stereocenters. The molecule has 0 radical (unpaired) electrons. The molecule has 2 aromatic carbocycles. The molecule has 0 amide bonds. The van der Waals surface area contributed by atoms with Crippen molar-refractivity contribution in [2.24, 2.45) is 5.10 Å². The molecule has 6 nitrogen and oxygen atoms in total. The number of hydrogen-bond acceptors (Lipinski definition) is 5. The molecule has 0 aromatic heterocycles. The average Bonchev–Trinajstić information content (AvgIpc) is 3.34. The smallest absolute Gasteiger partial charge is 0.276 e. The standard InChI is InChI=1S/C18H20N2O4S/c1-14-7-9-16(10-8-14)25(21,22)20-19-11-17-18(24-17)13-23-12-15-5-3-2-4-6-15/h2-11,17-18,20H,12-13H2,1H3/b19-11+/t17-,18+/m1/s1. The van der Waals surface area contributed by atoms with Crippen LogP contribution < -0.4 is 4.83 Å². The van der Waals surface area contributed by atoms with Crippen molar-refractivity contribution in [1.29, 1.82) is 0 Å². The molecule has 0 saturated carbocycles. The zero-order valence-corrected chi connectivity index (χ0v) is 14.6. The SMILES string of the molecule is Cc1ccc(S(=O)(=O)N/N=C/[C@H]2O[C@H]2COCc2ccccc2)cc1. The van der Waals surface area contributed by atoms with E-state index in [0.717, 1.165) is 11.1 Å². The van der Waals surface area contributed by atoms with Gasteiger partial charge in [0.2, 0.25) is 0 Å². The maximum Gasteiger partial charge on any atom is 0.276 e. The first-order chi connectivity index (χ1) is 12.0. The first kappa shape index (κ1) is 17.6. The second-order valence-corrected chi connectivity index (χ2v) is 7.49. The Morgan fingerprint density at radius 3 is 2.60 bits per heavy atom. The van der Waals surface area contributed by atoms with Gasteiger partial charge in [-0.05, 0) is 24.6 Å². The van der Waals surface area contributed by atoms with Crippen LogP contribution in [-0.4, -0.2) is 33.4 Å². The lowest BCUT2D eigenvalue weighted by Gasteiger charge is -2.03. The van der Waals surface area contributed by atoms with Crippen LogP contribution in [0.1, 0.15) is 11.1 Å². The number of ether oxygens (including phenoxy) is 2. The van der Waals surface area contributed by atoms with Crippen molar-refractivity contribution >= 4 is 16.2 Å². The summed E-state index contributed by atoms with van der Waals surface area (Å²) < 4.78 is 35.1. The van der Waals surface area contributed by atoms with Gasteiger partial charge < -0.3 is 9.47 Å². The molecule has 1 saturated heterocycles. The lowest BCUT2D eigenvalue weighted by Crippen LogP contribution is -2.19. The van der Waals surface area contributed by atoms with Gasteiger partial charge in [-0.25, -0.2) is 4.83 Å². The maximum atomic E-state index is 12.1. The molecule has 0 aliphatic carbocycles. The fraction of sp³-hybridized carbons (Fsp3) is 0.278. The highest BCUT2D eigenvalue weighted by Crippen LogP contribution is 2.20. The van der Waals surface area contributed by atoms with Crippen LogP contribution >= 0.6 is 0 Å². The Morgan fingerprint density at radius 1 is 1.16 bits per heavy atom.